The van der Waals surface area contributed by atoms with Crippen molar-refractivity contribution >= 4 is 23.2 Å². The third-order valence-electron chi connectivity index (χ3n) is 3.48. The Bertz CT molecular complexity index is 705. The molecule has 1 fully saturated rings. The van der Waals surface area contributed by atoms with Crippen LogP contribution in [0.5, 0.6) is 0 Å². The van der Waals surface area contributed by atoms with Gasteiger partial charge in [0.2, 0.25) is 0 Å². The lowest BCUT2D eigenvalue weighted by atomic mass is 10.2. The molecule has 1 amide bonds. The number of hydrogen-bond acceptors (Lipinski definition) is 5. The maximum absolute atomic E-state index is 11.8. The van der Waals surface area contributed by atoms with Crippen molar-refractivity contribution in [2.45, 2.75) is 32.2 Å². The minimum atomic E-state index is -0.434. The monoisotopic (exact) mass is 330 g/mol. The number of nitrogens with one attached hydrogen (secondary N) is 1. The summed E-state index contributed by atoms with van der Waals surface area (Å²) < 4.78 is 4.98. The zero-order valence-corrected chi connectivity index (χ0v) is 13.7. The van der Waals surface area contributed by atoms with Crippen LogP contribution < -0.4 is 5.32 Å². The number of rotatable bonds is 6. The summed E-state index contributed by atoms with van der Waals surface area (Å²) in [6.07, 6.45) is 2.11. The standard InChI is InChI=1S/C17H18N2O3S/c1-11-2-4-12(5-3-11)17-19-14(10-23-17)8-16(21)22-9-15(20)18-13-6-7-13/h2-5,10,13H,6-9H2,1H3,(H,18,20). The SMILES string of the molecule is Cc1ccc(-c2nc(CC(=O)OCC(=O)NC3CC3)cs2)cc1. The van der Waals surface area contributed by atoms with Gasteiger partial charge in [0, 0.05) is 17.0 Å². The normalized spacial score (nSPS) is 13.6. The summed E-state index contributed by atoms with van der Waals surface area (Å²) in [7, 11) is 0. The summed E-state index contributed by atoms with van der Waals surface area (Å²) in [5, 5.41) is 5.50. The summed E-state index contributed by atoms with van der Waals surface area (Å²) in [6, 6.07) is 8.36. The average molecular weight is 330 g/mol. The molecule has 1 aromatic heterocycles. The van der Waals surface area contributed by atoms with Crippen molar-refractivity contribution < 1.29 is 14.3 Å². The second kappa shape index (κ2) is 6.91. The topological polar surface area (TPSA) is 68.3 Å². The number of nitrogens with zero attached hydrogens (tertiary/aromatic N) is 1. The highest BCUT2D eigenvalue weighted by atomic mass is 32.1. The molecule has 5 nitrogen and oxygen atoms in total. The Labute approximate surface area is 138 Å². The second-order valence-corrected chi connectivity index (χ2v) is 6.55. The molecule has 0 radical (unpaired) electrons. The number of hydrogen-bond donors (Lipinski definition) is 1. The van der Waals surface area contributed by atoms with Gasteiger partial charge in [-0.25, -0.2) is 4.98 Å². The van der Waals surface area contributed by atoms with Crippen LogP contribution in [0.3, 0.4) is 0 Å². The van der Waals surface area contributed by atoms with Gasteiger partial charge in [-0.2, -0.15) is 0 Å². The summed E-state index contributed by atoms with van der Waals surface area (Å²) in [5.74, 6) is -0.670. The van der Waals surface area contributed by atoms with Crippen molar-refractivity contribution in [2.24, 2.45) is 0 Å². The Morgan fingerprint density at radius 2 is 2.04 bits per heavy atom. The predicted molar refractivity (Wildman–Crippen MR) is 88.1 cm³/mol. The summed E-state index contributed by atoms with van der Waals surface area (Å²) in [4.78, 5) is 27.7. The Balaban J connectivity index is 1.50. The van der Waals surface area contributed by atoms with E-state index in [9.17, 15) is 9.59 Å². The molecule has 2 aromatic rings. The van der Waals surface area contributed by atoms with Crippen molar-refractivity contribution in [1.29, 1.82) is 0 Å². The quantitative estimate of drug-likeness (QED) is 0.826. The molecule has 0 unspecified atom stereocenters. The number of carbonyl (C=O) groups is 2. The van der Waals surface area contributed by atoms with Crippen molar-refractivity contribution in [1.82, 2.24) is 10.3 Å². The van der Waals surface area contributed by atoms with Gasteiger partial charge >= 0.3 is 5.97 Å². The lowest BCUT2D eigenvalue weighted by Gasteiger charge is -2.04. The Kier molecular flexibility index (Phi) is 4.71. The van der Waals surface area contributed by atoms with E-state index in [-0.39, 0.29) is 25.0 Å². The first-order chi connectivity index (χ1) is 11.1. The van der Waals surface area contributed by atoms with E-state index < -0.39 is 5.97 Å². The van der Waals surface area contributed by atoms with Crippen molar-refractivity contribution in [3.8, 4) is 10.6 Å². The van der Waals surface area contributed by atoms with Gasteiger partial charge in [-0.3, -0.25) is 9.59 Å². The van der Waals surface area contributed by atoms with Crippen LogP contribution in [-0.2, 0) is 20.7 Å². The molecule has 0 saturated heterocycles. The molecule has 120 valence electrons. The second-order valence-electron chi connectivity index (χ2n) is 5.69. The molecule has 1 N–H and O–H groups in total. The van der Waals surface area contributed by atoms with Crippen LogP contribution in [0.25, 0.3) is 10.6 Å². The van der Waals surface area contributed by atoms with Crippen LogP contribution in [-0.4, -0.2) is 29.5 Å². The van der Waals surface area contributed by atoms with E-state index in [1.54, 1.807) is 0 Å². The zero-order valence-electron chi connectivity index (χ0n) is 12.9. The molecule has 0 aliphatic heterocycles. The molecule has 1 heterocycles. The van der Waals surface area contributed by atoms with Crippen LogP contribution in [0.15, 0.2) is 29.6 Å². The molecule has 0 atom stereocenters. The number of esters is 1. The largest absolute Gasteiger partial charge is 0.455 e. The van der Waals surface area contributed by atoms with Gasteiger partial charge in [0.1, 0.15) is 5.01 Å². The van der Waals surface area contributed by atoms with E-state index >= 15 is 0 Å². The number of thiazole rings is 1. The first kappa shape index (κ1) is 15.7. The Morgan fingerprint density at radius 3 is 2.74 bits per heavy atom. The molecule has 3 rings (SSSR count). The van der Waals surface area contributed by atoms with Crippen LogP contribution in [0.1, 0.15) is 24.1 Å². The van der Waals surface area contributed by atoms with E-state index in [1.165, 1.54) is 16.9 Å². The molecule has 23 heavy (non-hydrogen) atoms. The first-order valence-electron chi connectivity index (χ1n) is 7.56. The van der Waals surface area contributed by atoms with E-state index in [1.807, 2.05) is 36.6 Å². The lowest BCUT2D eigenvalue weighted by molar-refractivity contribution is -0.147. The number of amides is 1. The molecule has 1 saturated carbocycles. The predicted octanol–water partition coefficient (Wildman–Crippen LogP) is 2.48. The molecule has 0 spiro atoms. The first-order valence-corrected chi connectivity index (χ1v) is 8.44. The fraction of sp³-hybridized carbons (Fsp3) is 0.353. The average Bonchev–Trinajstić information content (AvgIpc) is 3.22. The molecule has 6 heteroatoms. The molecule has 0 bridgehead atoms. The minimum absolute atomic E-state index is 0.0824. The van der Waals surface area contributed by atoms with E-state index in [0.29, 0.717) is 5.69 Å². The van der Waals surface area contributed by atoms with Crippen LogP contribution in [0.2, 0.25) is 0 Å². The van der Waals surface area contributed by atoms with Gasteiger partial charge in [0.15, 0.2) is 6.61 Å². The zero-order chi connectivity index (χ0) is 16.2. The van der Waals surface area contributed by atoms with Gasteiger partial charge in [-0.05, 0) is 19.8 Å². The van der Waals surface area contributed by atoms with Crippen molar-refractivity contribution in [2.75, 3.05) is 6.61 Å². The molecule has 1 aromatic carbocycles. The highest BCUT2D eigenvalue weighted by Crippen LogP contribution is 2.24. The highest BCUT2D eigenvalue weighted by molar-refractivity contribution is 7.13. The van der Waals surface area contributed by atoms with Gasteiger partial charge in [0.05, 0.1) is 12.1 Å². The third kappa shape index (κ3) is 4.63. The molecule has 1 aliphatic carbocycles. The van der Waals surface area contributed by atoms with Gasteiger partial charge in [-0.15, -0.1) is 11.3 Å². The molecule has 1 aliphatic rings. The fourth-order valence-electron chi connectivity index (χ4n) is 2.06. The van der Waals surface area contributed by atoms with Crippen molar-refractivity contribution in [3.05, 3.63) is 40.9 Å². The molecular weight excluding hydrogens is 312 g/mol. The molecular formula is C17H18N2O3S. The van der Waals surface area contributed by atoms with E-state index in [2.05, 4.69) is 10.3 Å². The summed E-state index contributed by atoms with van der Waals surface area (Å²) >= 11 is 1.49. The number of carbonyl (C=O) groups excluding carboxylic acids is 2. The van der Waals surface area contributed by atoms with Crippen LogP contribution in [0.4, 0.5) is 0 Å². The van der Waals surface area contributed by atoms with E-state index in [0.717, 1.165) is 23.4 Å². The maximum atomic E-state index is 11.8. The van der Waals surface area contributed by atoms with Gasteiger partial charge < -0.3 is 10.1 Å². The highest BCUT2D eigenvalue weighted by Gasteiger charge is 2.23. The smallest absolute Gasteiger partial charge is 0.312 e. The minimum Gasteiger partial charge on any atom is -0.455 e. The van der Waals surface area contributed by atoms with Crippen LogP contribution >= 0.6 is 11.3 Å². The Morgan fingerprint density at radius 1 is 1.30 bits per heavy atom. The number of ether oxygens (including phenoxy) is 1. The summed E-state index contributed by atoms with van der Waals surface area (Å²) in [5.41, 5.74) is 2.89. The number of aryl methyl sites for hydroxylation is 1. The fourth-order valence-corrected chi connectivity index (χ4v) is 2.88. The van der Waals surface area contributed by atoms with Crippen LogP contribution in [0, 0.1) is 6.92 Å². The number of aromatic nitrogens is 1. The number of benzene rings is 1. The third-order valence-corrected chi connectivity index (χ3v) is 4.42. The lowest BCUT2D eigenvalue weighted by Crippen LogP contribution is -2.30. The summed E-state index contributed by atoms with van der Waals surface area (Å²) in [6.45, 7) is 1.82. The maximum Gasteiger partial charge on any atom is 0.312 e. The van der Waals surface area contributed by atoms with E-state index in [4.69, 9.17) is 4.74 Å². The van der Waals surface area contributed by atoms with Gasteiger partial charge in [-0.1, -0.05) is 29.8 Å². The van der Waals surface area contributed by atoms with Gasteiger partial charge in [0.25, 0.3) is 5.91 Å². The Hall–Kier alpha value is -2.21. The van der Waals surface area contributed by atoms with Crippen molar-refractivity contribution in [3.63, 3.8) is 0 Å².